The molecule has 4 atom stereocenters. The molecule has 64 heavy (non-hydrogen) atoms. The molecule has 3 aliphatic rings. The molecule has 1 unspecified atom stereocenters. The number of β-amino-alcohol motifs (C(OH)–C–C–N with tert-alkyl or cyclic N) is 1. The normalized spacial score (nSPS) is 19.1. The summed E-state index contributed by atoms with van der Waals surface area (Å²) in [7, 11) is 0. The topological polar surface area (TPSA) is 215 Å². The number of likely N-dealkylation sites (tertiary alicyclic amines) is 1. The van der Waals surface area contributed by atoms with Crippen molar-refractivity contribution in [2.24, 2.45) is 5.41 Å². The highest BCUT2D eigenvalue weighted by atomic mass is 32.1. The summed E-state index contributed by atoms with van der Waals surface area (Å²) < 4.78 is 22.4. The molecule has 2 aromatic carbocycles. The first-order valence-electron chi connectivity index (χ1n) is 21.8. The number of benzene rings is 2. The number of rotatable bonds is 22. The maximum atomic E-state index is 13.9. The number of imide groups is 1. The van der Waals surface area contributed by atoms with Crippen LogP contribution in [0.25, 0.3) is 10.4 Å². The Morgan fingerprint density at radius 2 is 1.64 bits per heavy atom. The van der Waals surface area contributed by atoms with Crippen molar-refractivity contribution >= 4 is 46.8 Å². The van der Waals surface area contributed by atoms with Crippen LogP contribution in [0.3, 0.4) is 0 Å². The lowest BCUT2D eigenvalue weighted by molar-refractivity contribution is -0.144. The van der Waals surface area contributed by atoms with Crippen molar-refractivity contribution in [3.8, 4) is 10.4 Å². The predicted molar refractivity (Wildman–Crippen MR) is 236 cm³/mol. The zero-order valence-electron chi connectivity index (χ0n) is 37.0. The second-order valence-corrected chi connectivity index (χ2v) is 18.1. The fourth-order valence-corrected chi connectivity index (χ4v) is 8.87. The minimum atomic E-state index is -0.972. The zero-order valence-corrected chi connectivity index (χ0v) is 37.8. The number of aliphatic hydroxyl groups is 1. The third-order valence-corrected chi connectivity index (χ3v) is 12.5. The third-order valence-electron chi connectivity index (χ3n) is 11.5. The summed E-state index contributed by atoms with van der Waals surface area (Å²) in [6, 6.07) is 11.0. The number of hydrogen-bond donors (Lipinski definition) is 4. The van der Waals surface area contributed by atoms with Gasteiger partial charge in [-0.05, 0) is 59.9 Å². The van der Waals surface area contributed by atoms with Gasteiger partial charge in [0.1, 0.15) is 24.7 Å². The lowest BCUT2D eigenvalue weighted by Gasteiger charge is -2.35. The van der Waals surface area contributed by atoms with E-state index in [1.807, 2.05) is 64.1 Å². The highest BCUT2D eigenvalue weighted by Crippen LogP contribution is 2.31. The van der Waals surface area contributed by atoms with Crippen LogP contribution in [0.2, 0.25) is 0 Å². The molecule has 3 aromatic rings. The van der Waals surface area contributed by atoms with Crippen LogP contribution < -0.4 is 16.0 Å². The van der Waals surface area contributed by atoms with Gasteiger partial charge >= 0.3 is 0 Å². The van der Waals surface area contributed by atoms with Crippen LogP contribution in [0, 0.1) is 12.3 Å². The van der Waals surface area contributed by atoms with Crippen LogP contribution in [0.5, 0.6) is 0 Å². The average Bonchev–Trinajstić information content (AvgIpc) is 3.98. The van der Waals surface area contributed by atoms with Gasteiger partial charge in [0.05, 0.1) is 61.8 Å². The van der Waals surface area contributed by atoms with Crippen LogP contribution in [0.15, 0.2) is 48.0 Å². The van der Waals surface area contributed by atoms with E-state index in [9.17, 15) is 33.9 Å². The molecule has 4 heterocycles. The molecule has 4 N–H and O–H groups in total. The molecule has 0 spiro atoms. The number of piperidine rings is 1. The fraction of sp³-hybridized carbons (Fsp3) is 0.543. The summed E-state index contributed by atoms with van der Waals surface area (Å²) in [6.07, 6.45) is 1.21. The summed E-state index contributed by atoms with van der Waals surface area (Å²) in [5.74, 6) is -2.24. The Bertz CT molecular complexity index is 2120. The molecule has 2 fully saturated rings. The lowest BCUT2D eigenvalue weighted by atomic mass is 9.85. The Kier molecular flexibility index (Phi) is 17.1. The molecule has 0 radical (unpaired) electrons. The molecule has 0 aliphatic carbocycles. The number of fused-ring (bicyclic) bond motifs is 1. The highest BCUT2D eigenvalue weighted by molar-refractivity contribution is 7.13. The quantitative estimate of drug-likeness (QED) is 0.0847. The van der Waals surface area contributed by atoms with Gasteiger partial charge in [0.2, 0.25) is 29.5 Å². The first-order valence-corrected chi connectivity index (χ1v) is 22.7. The molecule has 6 amide bonds. The Morgan fingerprint density at radius 3 is 2.30 bits per heavy atom. The van der Waals surface area contributed by atoms with E-state index in [2.05, 4.69) is 20.9 Å². The average molecular weight is 905 g/mol. The molecular formula is C46H60N6O11S. The standard InChI is InChI=1S/C46H60N6O11S/c1-29-40(64-28-48-29)32-12-10-30(11-13-32)24-47-42(56)37-23-33(53)25-51(37)45(59)41(46(2,3)4)49-39(55)27-63-22-21-62-20-19-61-18-17-60-16-6-8-31-7-5-9-34-35(31)26-52(44(34)58)36-14-15-38(54)50-43(36)57/h5,7,9-13,28,33,36-37,41,53H,6,8,14-27H2,1-4H3,(H,47,56)(H,49,55)(H,50,54,57)/t33-,36?,37+,41-/m1/s1. The minimum Gasteiger partial charge on any atom is -0.391 e. The first-order chi connectivity index (χ1) is 30.7. The van der Waals surface area contributed by atoms with Gasteiger partial charge in [-0.25, -0.2) is 4.98 Å². The minimum absolute atomic E-state index is 0.0227. The molecule has 346 valence electrons. The number of hydrogen-bond acceptors (Lipinski definition) is 13. The van der Waals surface area contributed by atoms with Crippen LogP contribution >= 0.6 is 11.3 Å². The SMILES string of the molecule is Cc1ncsc1-c1ccc(CNC(=O)[C@@H]2C[C@@H](O)CN2C(=O)[C@@H](NC(=O)COCCOCCOCCOCCCc2cccc3c2CN(C2CCC(=O)NC2=O)C3=O)C(C)(C)C)cc1. The van der Waals surface area contributed by atoms with Gasteiger partial charge < -0.3 is 44.5 Å². The van der Waals surface area contributed by atoms with Crippen molar-refractivity contribution in [3.63, 3.8) is 0 Å². The van der Waals surface area contributed by atoms with E-state index in [1.165, 1.54) is 4.90 Å². The van der Waals surface area contributed by atoms with Crippen molar-refractivity contribution < 1.29 is 52.8 Å². The van der Waals surface area contributed by atoms with E-state index >= 15 is 0 Å². The number of carbonyl (C=O) groups excluding carboxylic acids is 6. The monoisotopic (exact) mass is 904 g/mol. The number of ether oxygens (including phenoxy) is 4. The molecule has 0 saturated carbocycles. The van der Waals surface area contributed by atoms with Gasteiger partial charge in [0.15, 0.2) is 0 Å². The molecule has 18 heteroatoms. The van der Waals surface area contributed by atoms with Crippen molar-refractivity contribution in [3.05, 3.63) is 75.9 Å². The van der Waals surface area contributed by atoms with E-state index in [4.69, 9.17) is 18.9 Å². The van der Waals surface area contributed by atoms with Crippen molar-refractivity contribution in [1.29, 1.82) is 0 Å². The number of nitrogens with one attached hydrogen (secondary N) is 3. The fourth-order valence-electron chi connectivity index (χ4n) is 8.06. The van der Waals surface area contributed by atoms with Crippen LogP contribution in [-0.2, 0) is 62.4 Å². The number of nitrogens with zero attached hydrogens (tertiary/aromatic N) is 3. The smallest absolute Gasteiger partial charge is 0.255 e. The molecule has 17 nitrogen and oxygen atoms in total. The molecule has 0 bridgehead atoms. The van der Waals surface area contributed by atoms with E-state index < -0.39 is 47.4 Å². The van der Waals surface area contributed by atoms with Gasteiger partial charge in [-0.3, -0.25) is 34.1 Å². The van der Waals surface area contributed by atoms with Crippen LogP contribution in [0.1, 0.15) is 79.2 Å². The van der Waals surface area contributed by atoms with Gasteiger partial charge in [0.25, 0.3) is 5.91 Å². The van der Waals surface area contributed by atoms with Gasteiger partial charge in [-0.1, -0.05) is 57.2 Å². The van der Waals surface area contributed by atoms with Crippen LogP contribution in [0.4, 0.5) is 0 Å². The van der Waals surface area contributed by atoms with Crippen LogP contribution in [-0.4, -0.2) is 139 Å². The molecule has 1 aromatic heterocycles. The van der Waals surface area contributed by atoms with Crippen molar-refractivity contribution in [2.75, 3.05) is 59.4 Å². The maximum absolute atomic E-state index is 13.9. The maximum Gasteiger partial charge on any atom is 0.255 e. The summed E-state index contributed by atoms with van der Waals surface area (Å²) in [5, 5.41) is 18.6. The second-order valence-electron chi connectivity index (χ2n) is 17.3. The predicted octanol–water partition coefficient (Wildman–Crippen LogP) is 2.69. The first kappa shape index (κ1) is 48.3. The van der Waals surface area contributed by atoms with Gasteiger partial charge in [0, 0.05) is 44.6 Å². The number of carbonyl (C=O) groups is 6. The summed E-state index contributed by atoms with van der Waals surface area (Å²) in [5.41, 5.74) is 6.56. The molecule has 2 saturated heterocycles. The number of aliphatic hydroxyl groups excluding tert-OH is 1. The Labute approximate surface area is 377 Å². The lowest BCUT2D eigenvalue weighted by Crippen LogP contribution is -2.58. The second kappa shape index (κ2) is 22.7. The van der Waals surface area contributed by atoms with E-state index in [-0.39, 0.29) is 63.5 Å². The Morgan fingerprint density at radius 1 is 0.953 bits per heavy atom. The van der Waals surface area contributed by atoms with E-state index in [1.54, 1.807) is 27.8 Å². The van der Waals surface area contributed by atoms with Gasteiger partial charge in [-0.2, -0.15) is 0 Å². The third kappa shape index (κ3) is 12.8. The van der Waals surface area contributed by atoms with E-state index in [0.717, 1.165) is 39.2 Å². The number of thiazole rings is 1. The molecule has 6 rings (SSSR count). The van der Waals surface area contributed by atoms with Crippen molar-refractivity contribution in [1.82, 2.24) is 30.7 Å². The summed E-state index contributed by atoms with van der Waals surface area (Å²) in [4.78, 5) is 85.6. The largest absolute Gasteiger partial charge is 0.391 e. The van der Waals surface area contributed by atoms with E-state index in [0.29, 0.717) is 58.0 Å². The zero-order chi connectivity index (χ0) is 45.8. The summed E-state index contributed by atoms with van der Waals surface area (Å²) in [6.45, 7) is 10.0. The number of amides is 6. The van der Waals surface area contributed by atoms with Crippen molar-refractivity contribution in [2.45, 2.75) is 97.1 Å². The highest BCUT2D eigenvalue weighted by Gasteiger charge is 2.45. The number of aromatic nitrogens is 1. The van der Waals surface area contributed by atoms with Gasteiger partial charge in [-0.15, -0.1) is 11.3 Å². The summed E-state index contributed by atoms with van der Waals surface area (Å²) >= 11 is 1.57. The molecule has 3 aliphatic heterocycles. The number of aryl methyl sites for hydroxylation is 2. The Balaban J connectivity index is 0.813. The molecular weight excluding hydrogens is 845 g/mol. The Hall–Kier alpha value is -5.11.